The standard InChI is InChI=1S/C19H30BNO3S/c1-13-11-15(21-6-8-24-9-7-21)14-12-19(13,18(14,2)3)17(20(22)23)16-5-4-10-25-16/h4-5,10,13-15,17,22-23H,6-9,11-12H2,1-3H3. The van der Waals surface area contributed by atoms with Crippen LogP contribution in [0.4, 0.5) is 0 Å². The predicted octanol–water partition coefficient (Wildman–Crippen LogP) is 2.62. The smallest absolute Gasteiger partial charge is 0.427 e. The normalized spacial score (nSPS) is 38.8. The Hall–Kier alpha value is -0.395. The topological polar surface area (TPSA) is 52.9 Å². The number of hydrogen-bond acceptors (Lipinski definition) is 5. The highest BCUT2D eigenvalue weighted by Crippen LogP contribution is 2.75. The van der Waals surface area contributed by atoms with Crippen LogP contribution in [0.2, 0.25) is 0 Å². The Morgan fingerprint density at radius 1 is 1.32 bits per heavy atom. The Morgan fingerprint density at radius 2 is 2.04 bits per heavy atom. The van der Waals surface area contributed by atoms with Gasteiger partial charge < -0.3 is 14.8 Å². The molecule has 1 aromatic rings. The summed E-state index contributed by atoms with van der Waals surface area (Å²) in [5.41, 5.74) is 0.0749. The van der Waals surface area contributed by atoms with Gasteiger partial charge in [0.05, 0.1) is 13.2 Å². The van der Waals surface area contributed by atoms with E-state index in [4.69, 9.17) is 4.74 Å². The maximum absolute atomic E-state index is 10.3. The highest BCUT2D eigenvalue weighted by Gasteiger charge is 2.72. The molecule has 4 fully saturated rings. The maximum Gasteiger partial charge on any atom is 0.460 e. The Kier molecular flexibility index (Phi) is 4.57. The number of nitrogens with zero attached hydrogens (tertiary/aromatic N) is 1. The predicted molar refractivity (Wildman–Crippen MR) is 102 cm³/mol. The van der Waals surface area contributed by atoms with Gasteiger partial charge in [-0.05, 0) is 47.0 Å². The fourth-order valence-electron chi connectivity index (χ4n) is 6.57. The molecule has 1 aliphatic heterocycles. The first kappa shape index (κ1) is 18.0. The van der Waals surface area contributed by atoms with E-state index in [0.717, 1.165) is 44.0 Å². The van der Waals surface area contributed by atoms with E-state index >= 15 is 0 Å². The molecule has 138 valence electrons. The van der Waals surface area contributed by atoms with E-state index in [0.29, 0.717) is 17.9 Å². The lowest BCUT2D eigenvalue weighted by Gasteiger charge is -2.74. The van der Waals surface area contributed by atoms with E-state index in [2.05, 4.69) is 37.1 Å². The second-order valence-electron chi connectivity index (χ2n) is 8.83. The van der Waals surface area contributed by atoms with Crippen molar-refractivity contribution in [3.8, 4) is 0 Å². The van der Waals surface area contributed by atoms with Gasteiger partial charge in [-0.15, -0.1) is 11.3 Å². The molecule has 3 aliphatic carbocycles. The molecule has 5 rings (SSSR count). The van der Waals surface area contributed by atoms with E-state index in [1.165, 1.54) is 0 Å². The van der Waals surface area contributed by atoms with Gasteiger partial charge in [-0.3, -0.25) is 4.90 Å². The van der Waals surface area contributed by atoms with Crippen LogP contribution in [0, 0.1) is 22.7 Å². The van der Waals surface area contributed by atoms with Gasteiger partial charge >= 0.3 is 7.12 Å². The van der Waals surface area contributed by atoms with Crippen molar-refractivity contribution in [1.82, 2.24) is 4.90 Å². The third kappa shape index (κ3) is 2.48. The van der Waals surface area contributed by atoms with Crippen LogP contribution in [0.25, 0.3) is 0 Å². The van der Waals surface area contributed by atoms with Crippen molar-refractivity contribution in [2.24, 2.45) is 22.7 Å². The molecular formula is C19H30BNO3S. The number of ether oxygens (including phenoxy) is 1. The zero-order valence-electron chi connectivity index (χ0n) is 15.5. The second kappa shape index (κ2) is 6.34. The largest absolute Gasteiger partial charge is 0.460 e. The van der Waals surface area contributed by atoms with E-state index < -0.39 is 7.12 Å². The second-order valence-corrected chi connectivity index (χ2v) is 9.81. The summed E-state index contributed by atoms with van der Waals surface area (Å²) in [4.78, 5) is 3.75. The van der Waals surface area contributed by atoms with Crippen LogP contribution in [0.3, 0.4) is 0 Å². The molecule has 0 radical (unpaired) electrons. The minimum absolute atomic E-state index is 0.0283. The first-order chi connectivity index (χ1) is 11.9. The van der Waals surface area contributed by atoms with Gasteiger partial charge in [0.25, 0.3) is 0 Å². The van der Waals surface area contributed by atoms with Gasteiger partial charge in [0, 0.05) is 29.8 Å². The Balaban J connectivity index is 1.66. The molecule has 1 aromatic heterocycles. The molecule has 1 saturated heterocycles. The number of fused-ring (bicyclic) bond motifs is 2. The van der Waals surface area contributed by atoms with Crippen LogP contribution in [0.15, 0.2) is 17.5 Å². The summed E-state index contributed by atoms with van der Waals surface area (Å²) in [5.74, 6) is 0.914. The molecule has 0 amide bonds. The molecule has 0 aromatic carbocycles. The van der Waals surface area contributed by atoms with Crippen LogP contribution in [0.5, 0.6) is 0 Å². The highest BCUT2D eigenvalue weighted by molar-refractivity contribution is 7.10. The Morgan fingerprint density at radius 3 is 2.56 bits per heavy atom. The van der Waals surface area contributed by atoms with Gasteiger partial charge in [0.1, 0.15) is 0 Å². The summed E-state index contributed by atoms with van der Waals surface area (Å²) in [6.07, 6.45) is 2.26. The van der Waals surface area contributed by atoms with Crippen molar-refractivity contribution in [2.75, 3.05) is 26.3 Å². The van der Waals surface area contributed by atoms with Crippen molar-refractivity contribution in [3.05, 3.63) is 22.4 Å². The van der Waals surface area contributed by atoms with Gasteiger partial charge in [-0.25, -0.2) is 0 Å². The molecule has 3 saturated carbocycles. The third-order valence-electron chi connectivity index (χ3n) is 7.84. The monoisotopic (exact) mass is 363 g/mol. The molecule has 2 bridgehead atoms. The quantitative estimate of drug-likeness (QED) is 0.808. The molecule has 4 nitrogen and oxygen atoms in total. The summed E-state index contributed by atoms with van der Waals surface area (Å²) < 4.78 is 5.55. The van der Waals surface area contributed by atoms with Crippen LogP contribution in [-0.2, 0) is 4.74 Å². The molecule has 0 spiro atoms. The van der Waals surface area contributed by atoms with Crippen LogP contribution < -0.4 is 0 Å². The van der Waals surface area contributed by atoms with E-state index in [1.54, 1.807) is 11.3 Å². The van der Waals surface area contributed by atoms with E-state index in [9.17, 15) is 10.0 Å². The summed E-state index contributed by atoms with van der Waals surface area (Å²) in [6, 6.07) is 4.71. The van der Waals surface area contributed by atoms with Crippen LogP contribution >= 0.6 is 11.3 Å². The van der Waals surface area contributed by atoms with Crippen molar-refractivity contribution in [3.63, 3.8) is 0 Å². The average molecular weight is 363 g/mol. The minimum Gasteiger partial charge on any atom is -0.427 e. The van der Waals surface area contributed by atoms with Gasteiger partial charge in [-0.1, -0.05) is 26.8 Å². The molecule has 5 atom stereocenters. The summed E-state index contributed by atoms with van der Waals surface area (Å²) in [5, 5.41) is 22.7. The number of thiophene rings is 1. The fourth-order valence-corrected chi connectivity index (χ4v) is 7.52. The SMILES string of the molecule is CC1CC(N2CCOCC2)C2CC1(C(B(O)O)c1cccs1)C2(C)C. The van der Waals surface area contributed by atoms with Crippen LogP contribution in [0.1, 0.15) is 44.3 Å². The number of hydrogen-bond donors (Lipinski definition) is 2. The zero-order chi connectivity index (χ0) is 17.8. The first-order valence-corrected chi connectivity index (χ1v) is 10.5. The minimum atomic E-state index is -1.29. The zero-order valence-corrected chi connectivity index (χ0v) is 16.3. The molecule has 4 aliphatic rings. The van der Waals surface area contributed by atoms with Crippen molar-refractivity contribution in [2.45, 2.75) is 45.5 Å². The number of morpholine rings is 1. The summed E-state index contributed by atoms with van der Waals surface area (Å²) >= 11 is 1.66. The Bertz CT molecular complexity index is 602. The van der Waals surface area contributed by atoms with Crippen molar-refractivity contribution < 1.29 is 14.8 Å². The van der Waals surface area contributed by atoms with Crippen molar-refractivity contribution >= 4 is 18.5 Å². The third-order valence-corrected chi connectivity index (χ3v) is 8.80. The van der Waals surface area contributed by atoms with Gasteiger partial charge in [0.15, 0.2) is 0 Å². The van der Waals surface area contributed by atoms with Gasteiger partial charge in [-0.2, -0.15) is 0 Å². The first-order valence-electron chi connectivity index (χ1n) is 9.61. The van der Waals surface area contributed by atoms with Gasteiger partial charge in [0.2, 0.25) is 0 Å². The van der Waals surface area contributed by atoms with E-state index in [-0.39, 0.29) is 16.6 Å². The van der Waals surface area contributed by atoms with Crippen molar-refractivity contribution in [1.29, 1.82) is 0 Å². The molecule has 25 heavy (non-hydrogen) atoms. The molecule has 2 heterocycles. The molecular weight excluding hydrogens is 333 g/mol. The lowest BCUT2D eigenvalue weighted by Crippen LogP contribution is -2.72. The number of rotatable bonds is 4. The van der Waals surface area contributed by atoms with Crippen LogP contribution in [-0.4, -0.2) is 54.4 Å². The maximum atomic E-state index is 10.3. The lowest BCUT2D eigenvalue weighted by atomic mass is 9.29. The average Bonchev–Trinajstić information content (AvgIpc) is 3.10. The molecule has 2 N–H and O–H groups in total. The lowest BCUT2D eigenvalue weighted by molar-refractivity contribution is -0.235. The molecule has 5 unspecified atom stereocenters. The summed E-state index contributed by atoms with van der Waals surface area (Å²) in [6.45, 7) is 10.8. The highest BCUT2D eigenvalue weighted by atomic mass is 32.1. The fraction of sp³-hybridized carbons (Fsp3) is 0.789. The summed E-state index contributed by atoms with van der Waals surface area (Å²) in [7, 11) is -1.29. The van der Waals surface area contributed by atoms with E-state index in [1.807, 2.05) is 6.07 Å². The Labute approximate surface area is 155 Å². The molecule has 6 heteroatoms.